The van der Waals surface area contributed by atoms with Crippen molar-refractivity contribution in [3.05, 3.63) is 41.1 Å². The van der Waals surface area contributed by atoms with Crippen molar-refractivity contribution in [3.8, 4) is 28.6 Å². The average Bonchev–Trinajstić information content (AvgIpc) is 3.26. The van der Waals surface area contributed by atoms with Gasteiger partial charge in [0, 0.05) is 30.4 Å². The summed E-state index contributed by atoms with van der Waals surface area (Å²) in [5, 5.41) is 22.8. The lowest BCUT2D eigenvalue weighted by Gasteiger charge is -2.16. The van der Waals surface area contributed by atoms with E-state index >= 15 is 0 Å². The Morgan fingerprint density at radius 2 is 1.87 bits per heavy atom. The normalized spacial score (nSPS) is 12.1. The van der Waals surface area contributed by atoms with Crippen LogP contribution in [-0.4, -0.2) is 58.2 Å². The van der Waals surface area contributed by atoms with Crippen molar-refractivity contribution in [2.75, 3.05) is 31.7 Å². The van der Waals surface area contributed by atoms with Gasteiger partial charge in [-0.3, -0.25) is 0 Å². The second-order valence-electron chi connectivity index (χ2n) is 7.58. The van der Waals surface area contributed by atoms with Crippen molar-refractivity contribution in [1.29, 1.82) is 0 Å². The molecule has 0 radical (unpaired) electrons. The molecular weight excluding hydrogens is 396 g/mol. The van der Waals surface area contributed by atoms with E-state index in [9.17, 15) is 5.11 Å². The highest BCUT2D eigenvalue weighted by molar-refractivity contribution is 5.65. The number of ether oxygens (including phenoxy) is 1. The molecule has 8 heteroatoms. The SMILES string of the molecule is CCc1cc(-c2noc(-c3cc(C)nc(N(C)CC)c3)n2)cc(C)c1OC[C@@H](O)CO. The molecule has 31 heavy (non-hydrogen) atoms. The maximum atomic E-state index is 9.59. The highest BCUT2D eigenvalue weighted by Crippen LogP contribution is 2.31. The molecule has 166 valence electrons. The molecule has 8 nitrogen and oxygen atoms in total. The number of pyridine rings is 1. The maximum Gasteiger partial charge on any atom is 0.258 e. The molecule has 2 heterocycles. The van der Waals surface area contributed by atoms with Gasteiger partial charge in [0.1, 0.15) is 24.3 Å². The van der Waals surface area contributed by atoms with Crippen LogP contribution >= 0.6 is 0 Å². The quantitative estimate of drug-likeness (QED) is 0.538. The molecule has 1 atom stereocenters. The highest BCUT2D eigenvalue weighted by Gasteiger charge is 2.17. The van der Waals surface area contributed by atoms with E-state index in [4.69, 9.17) is 14.4 Å². The van der Waals surface area contributed by atoms with E-state index in [0.717, 1.165) is 46.7 Å². The van der Waals surface area contributed by atoms with Gasteiger partial charge in [-0.05, 0) is 62.6 Å². The topological polar surface area (TPSA) is 105 Å². The van der Waals surface area contributed by atoms with Crippen LogP contribution in [0.2, 0.25) is 0 Å². The van der Waals surface area contributed by atoms with E-state index in [1.807, 2.05) is 52.1 Å². The average molecular weight is 427 g/mol. The summed E-state index contributed by atoms with van der Waals surface area (Å²) >= 11 is 0. The fourth-order valence-electron chi connectivity index (χ4n) is 3.27. The Hall–Kier alpha value is -2.97. The van der Waals surface area contributed by atoms with Crippen molar-refractivity contribution >= 4 is 5.82 Å². The first-order valence-corrected chi connectivity index (χ1v) is 10.5. The lowest BCUT2D eigenvalue weighted by atomic mass is 10.0. The molecule has 0 amide bonds. The van der Waals surface area contributed by atoms with Crippen LogP contribution in [0.15, 0.2) is 28.8 Å². The van der Waals surface area contributed by atoms with Crippen LogP contribution in [0.25, 0.3) is 22.8 Å². The predicted molar refractivity (Wildman–Crippen MR) is 119 cm³/mol. The predicted octanol–water partition coefficient (Wildman–Crippen LogP) is 3.17. The Labute approximate surface area is 182 Å². The minimum Gasteiger partial charge on any atom is -0.490 e. The molecule has 0 saturated carbocycles. The van der Waals surface area contributed by atoms with E-state index in [0.29, 0.717) is 17.5 Å². The monoisotopic (exact) mass is 426 g/mol. The number of aliphatic hydroxyl groups excluding tert-OH is 2. The molecular formula is C23H30N4O4. The van der Waals surface area contributed by atoms with Crippen molar-refractivity contribution in [3.63, 3.8) is 0 Å². The number of aryl methyl sites for hydroxylation is 3. The molecule has 0 aliphatic heterocycles. The van der Waals surface area contributed by atoms with Crippen molar-refractivity contribution in [2.45, 2.75) is 40.2 Å². The molecule has 3 aromatic rings. The number of rotatable bonds is 9. The molecule has 0 saturated heterocycles. The number of benzene rings is 1. The third-order valence-corrected chi connectivity index (χ3v) is 5.10. The van der Waals surface area contributed by atoms with Gasteiger partial charge >= 0.3 is 0 Å². The number of anilines is 1. The summed E-state index contributed by atoms with van der Waals surface area (Å²) in [6.45, 7) is 8.51. The van der Waals surface area contributed by atoms with Gasteiger partial charge in [0.2, 0.25) is 5.82 Å². The van der Waals surface area contributed by atoms with Gasteiger partial charge in [-0.25, -0.2) is 4.98 Å². The highest BCUT2D eigenvalue weighted by atomic mass is 16.5. The van der Waals surface area contributed by atoms with Gasteiger partial charge in [-0.1, -0.05) is 12.1 Å². The zero-order valence-electron chi connectivity index (χ0n) is 18.7. The van der Waals surface area contributed by atoms with Gasteiger partial charge in [-0.2, -0.15) is 4.98 Å². The molecule has 0 aliphatic carbocycles. The van der Waals surface area contributed by atoms with Gasteiger partial charge < -0.3 is 24.4 Å². The number of hydrogen-bond donors (Lipinski definition) is 2. The summed E-state index contributed by atoms with van der Waals surface area (Å²) < 4.78 is 11.3. The largest absolute Gasteiger partial charge is 0.490 e. The second-order valence-corrected chi connectivity index (χ2v) is 7.58. The lowest BCUT2D eigenvalue weighted by molar-refractivity contribution is 0.0531. The molecule has 2 aromatic heterocycles. The molecule has 2 N–H and O–H groups in total. The summed E-state index contributed by atoms with van der Waals surface area (Å²) in [4.78, 5) is 11.2. The van der Waals surface area contributed by atoms with E-state index in [1.165, 1.54) is 0 Å². The third-order valence-electron chi connectivity index (χ3n) is 5.10. The molecule has 0 unspecified atom stereocenters. The summed E-state index contributed by atoms with van der Waals surface area (Å²) in [5.74, 6) is 2.50. The van der Waals surface area contributed by atoms with E-state index in [2.05, 4.69) is 26.9 Å². The standard InChI is InChI=1S/C23H30N4O4/c1-6-16-10-17(8-14(3)21(16)30-13-19(29)12-28)22-25-23(31-26-22)18-9-15(4)24-20(11-18)27(5)7-2/h8-11,19,28-29H,6-7,12-13H2,1-5H3/t19-/m0/s1. The van der Waals surface area contributed by atoms with Crippen LogP contribution in [0.3, 0.4) is 0 Å². The smallest absolute Gasteiger partial charge is 0.258 e. The van der Waals surface area contributed by atoms with Crippen LogP contribution in [-0.2, 0) is 6.42 Å². The number of nitrogens with zero attached hydrogens (tertiary/aromatic N) is 4. The van der Waals surface area contributed by atoms with Gasteiger partial charge in [0.05, 0.1) is 6.61 Å². The fraction of sp³-hybridized carbons (Fsp3) is 0.435. The first kappa shape index (κ1) is 22.7. The second kappa shape index (κ2) is 9.89. The molecule has 0 fully saturated rings. The van der Waals surface area contributed by atoms with E-state index in [1.54, 1.807) is 0 Å². The van der Waals surface area contributed by atoms with Crippen LogP contribution in [0.1, 0.15) is 30.7 Å². The van der Waals surface area contributed by atoms with Gasteiger partial charge in [0.25, 0.3) is 5.89 Å². The van der Waals surface area contributed by atoms with Gasteiger partial charge in [0.15, 0.2) is 0 Å². The fourth-order valence-corrected chi connectivity index (χ4v) is 3.27. The van der Waals surface area contributed by atoms with Crippen LogP contribution in [0, 0.1) is 13.8 Å². The van der Waals surface area contributed by atoms with E-state index in [-0.39, 0.29) is 13.2 Å². The van der Waals surface area contributed by atoms with Crippen molar-refractivity contribution in [1.82, 2.24) is 15.1 Å². The Bertz CT molecular complexity index is 1030. The summed E-state index contributed by atoms with van der Waals surface area (Å²) in [7, 11) is 1.99. The third kappa shape index (κ3) is 5.21. The zero-order chi connectivity index (χ0) is 22.5. The Morgan fingerprint density at radius 1 is 1.10 bits per heavy atom. The van der Waals surface area contributed by atoms with Crippen LogP contribution in [0.5, 0.6) is 5.75 Å². The Balaban J connectivity index is 1.92. The first-order valence-electron chi connectivity index (χ1n) is 10.5. The zero-order valence-corrected chi connectivity index (χ0v) is 18.7. The van der Waals surface area contributed by atoms with Crippen molar-refractivity contribution in [2.24, 2.45) is 0 Å². The number of aliphatic hydroxyl groups is 2. The molecule has 1 aromatic carbocycles. The van der Waals surface area contributed by atoms with Crippen LogP contribution < -0.4 is 9.64 Å². The molecule has 0 bridgehead atoms. The molecule has 0 spiro atoms. The van der Waals surface area contributed by atoms with Gasteiger partial charge in [-0.15, -0.1) is 0 Å². The maximum absolute atomic E-state index is 9.59. The molecule has 0 aliphatic rings. The van der Waals surface area contributed by atoms with Crippen molar-refractivity contribution < 1.29 is 19.5 Å². The minimum absolute atomic E-state index is 0.0337. The van der Waals surface area contributed by atoms with E-state index < -0.39 is 6.10 Å². The lowest BCUT2D eigenvalue weighted by Crippen LogP contribution is -2.22. The summed E-state index contributed by atoms with van der Waals surface area (Å²) in [5.41, 5.74) is 4.40. The van der Waals surface area contributed by atoms with Crippen LogP contribution in [0.4, 0.5) is 5.82 Å². The Morgan fingerprint density at radius 3 is 2.55 bits per heavy atom. The molecule has 3 rings (SSSR count). The first-order chi connectivity index (χ1) is 14.9. The minimum atomic E-state index is -0.913. The summed E-state index contributed by atoms with van der Waals surface area (Å²) in [6.07, 6.45) is -0.177. The summed E-state index contributed by atoms with van der Waals surface area (Å²) in [6, 6.07) is 7.77. The Kier molecular flexibility index (Phi) is 7.25. The number of aromatic nitrogens is 3. The number of hydrogen-bond acceptors (Lipinski definition) is 8.